The van der Waals surface area contributed by atoms with E-state index in [0.717, 1.165) is 0 Å². The average Bonchev–Trinajstić information content (AvgIpc) is 2.35. The summed E-state index contributed by atoms with van der Waals surface area (Å²) in [6.07, 6.45) is -0.924. The van der Waals surface area contributed by atoms with Crippen LogP contribution in [0.1, 0.15) is 12.5 Å². The van der Waals surface area contributed by atoms with E-state index < -0.39 is 18.1 Å². The number of esters is 1. The van der Waals surface area contributed by atoms with Gasteiger partial charge in [-0.15, -0.1) is 0 Å². The topological polar surface area (TPSA) is 82.3 Å². The zero-order chi connectivity index (χ0) is 13.7. The monoisotopic (exact) mass is 268 g/mol. The summed E-state index contributed by atoms with van der Waals surface area (Å²) in [4.78, 5) is 11.4. The SMILES string of the molecule is COC(=O)[C@H](Nc1ccc(C#N)c(Cl)c1)[C@H](C)O. The summed E-state index contributed by atoms with van der Waals surface area (Å²) in [6.45, 7) is 1.47. The maximum atomic E-state index is 11.4. The number of carbonyl (C=O) groups is 1. The Bertz CT molecular complexity index is 483. The van der Waals surface area contributed by atoms with Crippen LogP contribution in [0.3, 0.4) is 0 Å². The molecule has 0 saturated carbocycles. The molecule has 0 aliphatic rings. The smallest absolute Gasteiger partial charge is 0.330 e. The number of carbonyl (C=O) groups excluding carboxylic acids is 1. The first-order valence-corrected chi connectivity index (χ1v) is 5.59. The van der Waals surface area contributed by atoms with Crippen molar-refractivity contribution in [3.63, 3.8) is 0 Å². The lowest BCUT2D eigenvalue weighted by molar-refractivity contribution is -0.143. The highest BCUT2D eigenvalue weighted by Gasteiger charge is 2.24. The number of aliphatic hydroxyl groups is 1. The number of aliphatic hydroxyl groups excluding tert-OH is 1. The zero-order valence-corrected chi connectivity index (χ0v) is 10.7. The molecule has 6 heteroatoms. The fourth-order valence-corrected chi connectivity index (χ4v) is 1.60. The van der Waals surface area contributed by atoms with Crippen LogP contribution in [0, 0.1) is 11.3 Å². The van der Waals surface area contributed by atoms with Gasteiger partial charge in [-0.05, 0) is 25.1 Å². The van der Waals surface area contributed by atoms with E-state index in [1.54, 1.807) is 6.07 Å². The molecule has 0 aromatic heterocycles. The number of hydrogen-bond donors (Lipinski definition) is 2. The van der Waals surface area contributed by atoms with Crippen molar-refractivity contribution >= 4 is 23.3 Å². The molecule has 0 saturated heterocycles. The van der Waals surface area contributed by atoms with Crippen LogP contribution in [0.25, 0.3) is 0 Å². The number of nitrogens with one attached hydrogen (secondary N) is 1. The Labute approximate surface area is 110 Å². The largest absolute Gasteiger partial charge is 0.467 e. The van der Waals surface area contributed by atoms with Gasteiger partial charge in [0.2, 0.25) is 0 Å². The molecule has 1 aromatic rings. The highest BCUT2D eigenvalue weighted by molar-refractivity contribution is 6.32. The van der Waals surface area contributed by atoms with Gasteiger partial charge in [-0.1, -0.05) is 11.6 Å². The van der Waals surface area contributed by atoms with Gasteiger partial charge in [0.15, 0.2) is 6.04 Å². The van der Waals surface area contributed by atoms with Crippen molar-refractivity contribution in [2.45, 2.75) is 19.1 Å². The van der Waals surface area contributed by atoms with Gasteiger partial charge < -0.3 is 15.2 Å². The first-order valence-electron chi connectivity index (χ1n) is 5.21. The molecule has 0 radical (unpaired) electrons. The lowest BCUT2D eigenvalue weighted by atomic mass is 10.1. The summed E-state index contributed by atoms with van der Waals surface area (Å²) in [5.41, 5.74) is 0.865. The first kappa shape index (κ1) is 14.3. The van der Waals surface area contributed by atoms with Crippen molar-refractivity contribution < 1.29 is 14.6 Å². The highest BCUT2D eigenvalue weighted by Crippen LogP contribution is 2.21. The second-order valence-electron chi connectivity index (χ2n) is 3.69. The van der Waals surface area contributed by atoms with E-state index in [9.17, 15) is 9.90 Å². The van der Waals surface area contributed by atoms with Gasteiger partial charge in [0.1, 0.15) is 6.07 Å². The second-order valence-corrected chi connectivity index (χ2v) is 4.10. The van der Waals surface area contributed by atoms with Gasteiger partial charge in [0, 0.05) is 5.69 Å². The molecule has 0 spiro atoms. The van der Waals surface area contributed by atoms with Gasteiger partial charge in [-0.25, -0.2) is 4.79 Å². The van der Waals surface area contributed by atoms with Gasteiger partial charge in [-0.2, -0.15) is 5.26 Å². The number of ether oxygens (including phenoxy) is 1. The Kier molecular flexibility index (Phi) is 4.95. The van der Waals surface area contributed by atoms with E-state index in [1.165, 1.54) is 26.2 Å². The Hall–Kier alpha value is -1.77. The van der Waals surface area contributed by atoms with E-state index in [4.69, 9.17) is 16.9 Å². The van der Waals surface area contributed by atoms with E-state index in [1.807, 2.05) is 6.07 Å². The van der Waals surface area contributed by atoms with Crippen LogP contribution < -0.4 is 5.32 Å². The lowest BCUT2D eigenvalue weighted by Crippen LogP contribution is -2.39. The van der Waals surface area contributed by atoms with Gasteiger partial charge in [0.05, 0.1) is 23.8 Å². The summed E-state index contributed by atoms with van der Waals surface area (Å²) in [7, 11) is 1.24. The van der Waals surface area contributed by atoms with Crippen molar-refractivity contribution in [2.24, 2.45) is 0 Å². The minimum atomic E-state index is -0.924. The molecule has 0 fully saturated rings. The van der Waals surface area contributed by atoms with Crippen molar-refractivity contribution in [1.82, 2.24) is 0 Å². The summed E-state index contributed by atoms with van der Waals surface area (Å²) in [5.74, 6) is -0.578. The Balaban J connectivity index is 2.92. The quantitative estimate of drug-likeness (QED) is 0.810. The number of rotatable bonds is 4. The molecule has 1 rings (SSSR count). The van der Waals surface area contributed by atoms with E-state index >= 15 is 0 Å². The summed E-state index contributed by atoms with van der Waals surface area (Å²) in [6, 6.07) is 5.68. The van der Waals surface area contributed by atoms with Crippen LogP contribution in [0.4, 0.5) is 5.69 Å². The Morgan fingerprint density at radius 2 is 2.28 bits per heavy atom. The zero-order valence-electron chi connectivity index (χ0n) is 9.98. The predicted octanol–water partition coefficient (Wildman–Crippen LogP) is 1.55. The lowest BCUT2D eigenvalue weighted by Gasteiger charge is -2.20. The molecular formula is C12H13ClN2O3. The van der Waals surface area contributed by atoms with E-state index in [-0.39, 0.29) is 5.02 Å². The molecule has 1 aromatic carbocycles. The van der Waals surface area contributed by atoms with Crippen molar-refractivity contribution in [2.75, 3.05) is 12.4 Å². The van der Waals surface area contributed by atoms with Crippen molar-refractivity contribution in [1.29, 1.82) is 5.26 Å². The van der Waals surface area contributed by atoms with Crippen LogP contribution in [0.15, 0.2) is 18.2 Å². The van der Waals surface area contributed by atoms with Gasteiger partial charge >= 0.3 is 5.97 Å². The van der Waals surface area contributed by atoms with Gasteiger partial charge in [0.25, 0.3) is 0 Å². The molecule has 0 aliphatic heterocycles. The second kappa shape index (κ2) is 6.24. The maximum absolute atomic E-state index is 11.4. The third-order valence-corrected chi connectivity index (χ3v) is 2.66. The molecule has 0 amide bonds. The molecule has 96 valence electrons. The maximum Gasteiger partial charge on any atom is 0.330 e. The number of nitrogens with zero attached hydrogens (tertiary/aromatic N) is 1. The molecule has 0 heterocycles. The van der Waals surface area contributed by atoms with Crippen LogP contribution >= 0.6 is 11.6 Å². The molecule has 0 unspecified atom stereocenters. The standard InChI is InChI=1S/C12H13ClN2O3/c1-7(16)11(12(17)18-2)15-9-4-3-8(6-14)10(13)5-9/h3-5,7,11,15-16H,1-2H3/t7-,11+/m0/s1. The minimum Gasteiger partial charge on any atom is -0.467 e. The van der Waals surface area contributed by atoms with Crippen molar-refractivity contribution in [3.8, 4) is 6.07 Å². The number of nitriles is 1. The van der Waals surface area contributed by atoms with Crippen LogP contribution in [-0.2, 0) is 9.53 Å². The van der Waals surface area contributed by atoms with Gasteiger partial charge in [-0.3, -0.25) is 0 Å². The van der Waals surface area contributed by atoms with Crippen molar-refractivity contribution in [3.05, 3.63) is 28.8 Å². The molecule has 2 N–H and O–H groups in total. The molecule has 2 atom stereocenters. The fraction of sp³-hybridized carbons (Fsp3) is 0.333. The molecule has 0 aliphatic carbocycles. The third-order valence-electron chi connectivity index (χ3n) is 2.35. The van der Waals surface area contributed by atoms with Crippen LogP contribution in [-0.4, -0.2) is 30.3 Å². The molecular weight excluding hydrogens is 256 g/mol. The minimum absolute atomic E-state index is 0.275. The summed E-state index contributed by atoms with van der Waals surface area (Å²) >= 11 is 5.86. The van der Waals surface area contributed by atoms with Crippen LogP contribution in [0.5, 0.6) is 0 Å². The average molecular weight is 269 g/mol. The fourth-order valence-electron chi connectivity index (χ4n) is 1.38. The molecule has 0 bridgehead atoms. The number of benzene rings is 1. The van der Waals surface area contributed by atoms with E-state index in [2.05, 4.69) is 10.1 Å². The third kappa shape index (κ3) is 3.36. The number of halogens is 1. The molecule has 5 nitrogen and oxygen atoms in total. The Morgan fingerprint density at radius 1 is 1.61 bits per heavy atom. The Morgan fingerprint density at radius 3 is 2.72 bits per heavy atom. The summed E-state index contributed by atoms with van der Waals surface area (Å²) < 4.78 is 4.57. The summed E-state index contributed by atoms with van der Waals surface area (Å²) in [5, 5.41) is 21.3. The number of anilines is 1. The molecule has 18 heavy (non-hydrogen) atoms. The normalized spacial score (nSPS) is 13.3. The van der Waals surface area contributed by atoms with Crippen LogP contribution in [0.2, 0.25) is 5.02 Å². The number of hydrogen-bond acceptors (Lipinski definition) is 5. The predicted molar refractivity (Wildman–Crippen MR) is 67.3 cm³/mol. The highest BCUT2D eigenvalue weighted by atomic mass is 35.5. The number of methoxy groups -OCH3 is 1. The first-order chi connectivity index (χ1) is 8.49. The van der Waals surface area contributed by atoms with E-state index in [0.29, 0.717) is 11.3 Å².